The molecule has 2 aliphatic rings. The van der Waals surface area contributed by atoms with Crippen LogP contribution in [0.15, 0.2) is 0 Å². The highest BCUT2D eigenvalue weighted by Crippen LogP contribution is 2.33. The number of carbonyl (C=O) groups is 1. The number of rotatable bonds is 4. The minimum atomic E-state index is -0.352. The number of likely N-dealkylation sites (tertiary alicyclic amines) is 1. The molecule has 0 aromatic heterocycles. The Morgan fingerprint density at radius 3 is 2.71 bits per heavy atom. The maximum Gasteiger partial charge on any atom is 0.239 e. The number of hydrogen-bond donors (Lipinski definition) is 2. The summed E-state index contributed by atoms with van der Waals surface area (Å²) in [5, 5.41) is 9.38. The number of nitrogens with two attached hydrogens (primary N) is 1. The molecular formula is C13H24N2O2. The van der Waals surface area contributed by atoms with E-state index in [0.717, 1.165) is 38.6 Å². The molecule has 4 nitrogen and oxygen atoms in total. The van der Waals surface area contributed by atoms with E-state index in [0.29, 0.717) is 5.92 Å². The lowest BCUT2D eigenvalue weighted by molar-refractivity contribution is -0.136. The van der Waals surface area contributed by atoms with Crippen LogP contribution in [0.25, 0.3) is 0 Å². The van der Waals surface area contributed by atoms with Gasteiger partial charge in [0.25, 0.3) is 0 Å². The van der Waals surface area contributed by atoms with Gasteiger partial charge in [-0.3, -0.25) is 4.79 Å². The molecule has 98 valence electrons. The molecule has 4 heteroatoms. The van der Waals surface area contributed by atoms with Gasteiger partial charge in [-0.05, 0) is 25.2 Å². The van der Waals surface area contributed by atoms with Crippen molar-refractivity contribution in [2.45, 2.75) is 57.0 Å². The van der Waals surface area contributed by atoms with Gasteiger partial charge >= 0.3 is 0 Å². The van der Waals surface area contributed by atoms with E-state index in [2.05, 4.69) is 0 Å². The third-order valence-electron chi connectivity index (χ3n) is 3.97. The quantitative estimate of drug-likeness (QED) is 0.766. The normalized spacial score (nSPS) is 27.6. The Kier molecular flexibility index (Phi) is 4.40. The minimum Gasteiger partial charge on any atom is -0.394 e. The molecule has 2 rings (SSSR count). The zero-order valence-corrected chi connectivity index (χ0v) is 10.5. The standard InChI is InChI=1S/C13H24N2O2/c14-12(8-10-5-6-10)13(17)15-7-3-1-2-4-11(15)9-16/h10-12,16H,1-9,14H2/t11?,12-/m0/s1. The van der Waals surface area contributed by atoms with Crippen LogP contribution in [-0.4, -0.2) is 41.1 Å². The SMILES string of the molecule is N[C@@H](CC1CC1)C(=O)N1CCCCCC1CO. The summed E-state index contributed by atoms with van der Waals surface area (Å²) in [6.07, 6.45) is 7.49. The van der Waals surface area contributed by atoms with Gasteiger partial charge < -0.3 is 15.7 Å². The second-order valence-electron chi connectivity index (χ2n) is 5.50. The molecule has 17 heavy (non-hydrogen) atoms. The third kappa shape index (κ3) is 3.42. The Hall–Kier alpha value is -0.610. The van der Waals surface area contributed by atoms with E-state index in [9.17, 15) is 9.90 Å². The van der Waals surface area contributed by atoms with Crippen LogP contribution in [0.3, 0.4) is 0 Å². The summed E-state index contributed by atoms with van der Waals surface area (Å²) in [7, 11) is 0. The summed E-state index contributed by atoms with van der Waals surface area (Å²) in [4.78, 5) is 14.1. The molecule has 0 radical (unpaired) electrons. The number of aliphatic hydroxyl groups excluding tert-OH is 1. The van der Waals surface area contributed by atoms with E-state index < -0.39 is 0 Å². The maximum absolute atomic E-state index is 12.3. The molecule has 1 aliphatic carbocycles. The van der Waals surface area contributed by atoms with Gasteiger partial charge in [0.15, 0.2) is 0 Å². The molecule has 1 unspecified atom stereocenters. The first-order valence-corrected chi connectivity index (χ1v) is 6.89. The summed E-state index contributed by atoms with van der Waals surface area (Å²) in [5.41, 5.74) is 5.98. The van der Waals surface area contributed by atoms with E-state index in [1.165, 1.54) is 12.8 Å². The average molecular weight is 240 g/mol. The maximum atomic E-state index is 12.3. The van der Waals surface area contributed by atoms with Crippen molar-refractivity contribution in [1.29, 1.82) is 0 Å². The molecule has 1 aliphatic heterocycles. The zero-order chi connectivity index (χ0) is 12.3. The van der Waals surface area contributed by atoms with Gasteiger partial charge in [-0.1, -0.05) is 25.7 Å². The second kappa shape index (κ2) is 5.83. The number of nitrogens with zero attached hydrogens (tertiary/aromatic N) is 1. The van der Waals surface area contributed by atoms with Gasteiger partial charge in [0, 0.05) is 6.54 Å². The molecule has 1 saturated heterocycles. The highest BCUT2D eigenvalue weighted by Gasteiger charge is 2.32. The van der Waals surface area contributed by atoms with E-state index in [1.807, 2.05) is 4.90 Å². The van der Waals surface area contributed by atoms with Gasteiger partial charge in [-0.25, -0.2) is 0 Å². The van der Waals surface area contributed by atoms with Crippen molar-refractivity contribution < 1.29 is 9.90 Å². The van der Waals surface area contributed by atoms with Crippen LogP contribution < -0.4 is 5.73 Å². The van der Waals surface area contributed by atoms with Gasteiger partial charge in [-0.2, -0.15) is 0 Å². The van der Waals surface area contributed by atoms with Crippen LogP contribution in [0.2, 0.25) is 0 Å². The van der Waals surface area contributed by atoms with Crippen LogP contribution in [0.5, 0.6) is 0 Å². The Labute approximate surface area is 103 Å². The first-order valence-electron chi connectivity index (χ1n) is 6.89. The Bertz CT molecular complexity index is 266. The Morgan fingerprint density at radius 1 is 1.29 bits per heavy atom. The fraction of sp³-hybridized carbons (Fsp3) is 0.923. The molecule has 3 N–H and O–H groups in total. The van der Waals surface area contributed by atoms with Crippen molar-refractivity contribution in [3.63, 3.8) is 0 Å². The summed E-state index contributed by atoms with van der Waals surface area (Å²) in [5.74, 6) is 0.728. The van der Waals surface area contributed by atoms with Gasteiger partial charge in [-0.15, -0.1) is 0 Å². The number of carbonyl (C=O) groups excluding carboxylic acids is 1. The van der Waals surface area contributed by atoms with Crippen LogP contribution in [0.1, 0.15) is 44.9 Å². The summed E-state index contributed by atoms with van der Waals surface area (Å²) in [6, 6.07) is -0.357. The molecule has 1 heterocycles. The molecule has 0 aromatic carbocycles. The number of hydrogen-bond acceptors (Lipinski definition) is 3. The first-order chi connectivity index (χ1) is 8.22. The van der Waals surface area contributed by atoms with Crippen molar-refractivity contribution in [3.8, 4) is 0 Å². The van der Waals surface area contributed by atoms with Gasteiger partial charge in [0.05, 0.1) is 18.7 Å². The van der Waals surface area contributed by atoms with Crippen molar-refractivity contribution >= 4 is 5.91 Å². The minimum absolute atomic E-state index is 0.00440. The molecular weight excluding hydrogens is 216 g/mol. The summed E-state index contributed by atoms with van der Waals surface area (Å²) >= 11 is 0. The lowest BCUT2D eigenvalue weighted by Crippen LogP contribution is -2.49. The molecule has 1 amide bonds. The molecule has 0 spiro atoms. The van der Waals surface area contributed by atoms with Gasteiger partial charge in [0.1, 0.15) is 0 Å². The highest BCUT2D eigenvalue weighted by molar-refractivity contribution is 5.82. The van der Waals surface area contributed by atoms with Crippen molar-refractivity contribution in [2.24, 2.45) is 11.7 Å². The van der Waals surface area contributed by atoms with Crippen LogP contribution in [0.4, 0.5) is 0 Å². The van der Waals surface area contributed by atoms with Crippen molar-refractivity contribution in [3.05, 3.63) is 0 Å². The smallest absolute Gasteiger partial charge is 0.239 e. The van der Waals surface area contributed by atoms with Gasteiger partial charge in [0.2, 0.25) is 5.91 Å². The molecule has 0 bridgehead atoms. The lowest BCUT2D eigenvalue weighted by atomic mass is 10.1. The van der Waals surface area contributed by atoms with Crippen LogP contribution >= 0.6 is 0 Å². The van der Waals surface area contributed by atoms with E-state index in [1.54, 1.807) is 0 Å². The van der Waals surface area contributed by atoms with Crippen molar-refractivity contribution in [1.82, 2.24) is 4.90 Å². The predicted molar refractivity (Wildman–Crippen MR) is 66.4 cm³/mol. The predicted octanol–water partition coefficient (Wildman–Crippen LogP) is 0.877. The van der Waals surface area contributed by atoms with E-state index in [4.69, 9.17) is 5.73 Å². The monoisotopic (exact) mass is 240 g/mol. The largest absolute Gasteiger partial charge is 0.394 e. The molecule has 1 saturated carbocycles. The molecule has 2 atom stereocenters. The second-order valence-corrected chi connectivity index (χ2v) is 5.50. The first kappa shape index (κ1) is 12.8. The summed E-state index contributed by atoms with van der Waals surface area (Å²) < 4.78 is 0. The fourth-order valence-corrected chi connectivity index (χ4v) is 2.68. The average Bonchev–Trinajstić information content (AvgIpc) is 3.13. The molecule has 2 fully saturated rings. The summed E-state index contributed by atoms with van der Waals surface area (Å²) in [6.45, 7) is 0.838. The fourth-order valence-electron chi connectivity index (χ4n) is 2.68. The highest BCUT2D eigenvalue weighted by atomic mass is 16.3. The van der Waals surface area contributed by atoms with E-state index in [-0.39, 0.29) is 24.6 Å². The lowest BCUT2D eigenvalue weighted by Gasteiger charge is -2.31. The van der Waals surface area contributed by atoms with Crippen LogP contribution in [0, 0.1) is 5.92 Å². The van der Waals surface area contributed by atoms with Crippen molar-refractivity contribution in [2.75, 3.05) is 13.2 Å². The zero-order valence-electron chi connectivity index (χ0n) is 10.5. The topological polar surface area (TPSA) is 66.6 Å². The van der Waals surface area contributed by atoms with Crippen LogP contribution in [-0.2, 0) is 4.79 Å². The number of aliphatic hydroxyl groups is 1. The Morgan fingerprint density at radius 2 is 2.06 bits per heavy atom. The van der Waals surface area contributed by atoms with E-state index >= 15 is 0 Å². The Balaban J connectivity index is 1.93. The molecule has 0 aromatic rings. The third-order valence-corrected chi connectivity index (χ3v) is 3.97. The number of amides is 1.